The minimum absolute atomic E-state index is 0.00540. The zero-order valence-electron chi connectivity index (χ0n) is 11.4. The Morgan fingerprint density at radius 2 is 2.15 bits per heavy atom. The Labute approximate surface area is 126 Å². The average molecular weight is 308 g/mol. The Bertz CT molecular complexity index is 739. The van der Waals surface area contributed by atoms with E-state index in [1.807, 2.05) is 26.8 Å². The van der Waals surface area contributed by atoms with E-state index < -0.39 is 0 Å². The molecule has 1 aromatic carbocycles. The van der Waals surface area contributed by atoms with Gasteiger partial charge in [0.15, 0.2) is 5.13 Å². The summed E-state index contributed by atoms with van der Waals surface area (Å²) in [6.07, 6.45) is 0. The van der Waals surface area contributed by atoms with Crippen molar-refractivity contribution < 1.29 is 4.79 Å². The predicted molar refractivity (Wildman–Crippen MR) is 83.5 cm³/mol. The Kier molecular flexibility index (Phi) is 2.99. The fourth-order valence-corrected chi connectivity index (χ4v) is 3.48. The third-order valence-corrected chi connectivity index (χ3v) is 4.99. The minimum Gasteiger partial charge on any atom is -0.375 e. The van der Waals surface area contributed by atoms with Crippen LogP contribution in [0.25, 0.3) is 11.3 Å². The van der Waals surface area contributed by atoms with Gasteiger partial charge in [-0.1, -0.05) is 11.6 Å². The number of hydrogen-bond donors (Lipinski definition) is 2. The number of thiazole rings is 1. The van der Waals surface area contributed by atoms with Gasteiger partial charge < -0.3 is 11.1 Å². The Morgan fingerprint density at radius 3 is 2.75 bits per heavy atom. The average Bonchev–Trinajstić information content (AvgIpc) is 2.86. The lowest BCUT2D eigenvalue weighted by atomic mass is 9.96. The molecule has 4 nitrogen and oxygen atoms in total. The molecule has 20 heavy (non-hydrogen) atoms. The normalized spacial score (nSPS) is 17.2. The van der Waals surface area contributed by atoms with Gasteiger partial charge >= 0.3 is 0 Å². The van der Waals surface area contributed by atoms with E-state index in [4.69, 9.17) is 17.3 Å². The number of nitrogens with one attached hydrogen (secondary N) is 1. The van der Waals surface area contributed by atoms with Crippen LogP contribution in [0, 0.1) is 13.8 Å². The van der Waals surface area contributed by atoms with Gasteiger partial charge in [0.25, 0.3) is 0 Å². The van der Waals surface area contributed by atoms with E-state index in [0.717, 1.165) is 32.9 Å². The van der Waals surface area contributed by atoms with Gasteiger partial charge in [0.05, 0.1) is 16.6 Å². The number of carbonyl (C=O) groups excluding carboxylic acids is 1. The summed E-state index contributed by atoms with van der Waals surface area (Å²) in [4.78, 5) is 17.2. The molecule has 0 saturated heterocycles. The summed E-state index contributed by atoms with van der Waals surface area (Å²) in [5.41, 5.74) is 10.1. The van der Waals surface area contributed by atoms with E-state index in [-0.39, 0.29) is 11.8 Å². The summed E-state index contributed by atoms with van der Waals surface area (Å²) in [5.74, 6) is -0.165. The van der Waals surface area contributed by atoms with Gasteiger partial charge in [-0.2, -0.15) is 0 Å². The van der Waals surface area contributed by atoms with Gasteiger partial charge in [0.2, 0.25) is 5.91 Å². The van der Waals surface area contributed by atoms with E-state index >= 15 is 0 Å². The van der Waals surface area contributed by atoms with Crippen molar-refractivity contribution in [3.05, 3.63) is 27.1 Å². The molecule has 104 valence electrons. The molecular weight excluding hydrogens is 294 g/mol. The molecule has 1 aliphatic rings. The zero-order chi connectivity index (χ0) is 14.6. The molecule has 0 radical (unpaired) electrons. The van der Waals surface area contributed by atoms with E-state index in [9.17, 15) is 4.79 Å². The Hall–Kier alpha value is -1.59. The van der Waals surface area contributed by atoms with Crippen LogP contribution in [0.2, 0.25) is 5.02 Å². The van der Waals surface area contributed by atoms with E-state index in [1.54, 1.807) is 0 Å². The predicted octanol–water partition coefficient (Wildman–Crippen LogP) is 3.72. The maximum Gasteiger partial charge on any atom is 0.231 e. The molecule has 1 aliphatic heterocycles. The number of benzene rings is 1. The SMILES string of the molecule is Cc1sc(N)nc1-c1cc2c(c(C)c1Cl)NC(=O)C2C. The van der Waals surface area contributed by atoms with E-state index in [2.05, 4.69) is 10.3 Å². The molecule has 1 amide bonds. The van der Waals surface area contributed by atoms with Crippen molar-refractivity contribution in [2.45, 2.75) is 26.7 Å². The molecule has 0 saturated carbocycles. The first kappa shape index (κ1) is 13.4. The van der Waals surface area contributed by atoms with Crippen LogP contribution in [0.3, 0.4) is 0 Å². The van der Waals surface area contributed by atoms with Crippen LogP contribution in [0.15, 0.2) is 6.07 Å². The van der Waals surface area contributed by atoms with Gasteiger partial charge in [0.1, 0.15) is 0 Å². The number of aromatic nitrogens is 1. The van der Waals surface area contributed by atoms with Crippen molar-refractivity contribution >= 4 is 39.7 Å². The number of carbonyl (C=O) groups is 1. The molecule has 3 rings (SSSR count). The minimum atomic E-state index is -0.170. The highest BCUT2D eigenvalue weighted by Crippen LogP contribution is 2.44. The number of anilines is 2. The molecule has 0 bridgehead atoms. The standard InChI is InChI=1S/C14H14ClN3OS/c1-5-8-4-9(12-7(3)20-14(16)18-12)10(15)6(2)11(8)17-13(5)19/h4-5H,1-3H3,(H2,16,18)(H,17,19). The quantitative estimate of drug-likeness (QED) is 0.843. The summed E-state index contributed by atoms with van der Waals surface area (Å²) in [5, 5.41) is 4.03. The van der Waals surface area contributed by atoms with E-state index in [0.29, 0.717) is 10.2 Å². The van der Waals surface area contributed by atoms with Gasteiger partial charge in [-0.05, 0) is 38.0 Å². The fraction of sp³-hybridized carbons (Fsp3) is 0.286. The number of hydrogen-bond acceptors (Lipinski definition) is 4. The molecule has 1 aromatic heterocycles. The van der Waals surface area contributed by atoms with Crippen LogP contribution < -0.4 is 11.1 Å². The molecule has 0 aliphatic carbocycles. The summed E-state index contributed by atoms with van der Waals surface area (Å²) in [7, 11) is 0. The topological polar surface area (TPSA) is 68.0 Å². The lowest BCUT2D eigenvalue weighted by Gasteiger charge is -2.12. The van der Waals surface area contributed by atoms with Crippen molar-refractivity contribution in [1.29, 1.82) is 0 Å². The molecule has 0 spiro atoms. The number of rotatable bonds is 1. The molecule has 6 heteroatoms. The van der Waals surface area contributed by atoms with Crippen molar-refractivity contribution in [3.8, 4) is 11.3 Å². The first-order valence-corrected chi connectivity index (χ1v) is 7.46. The molecule has 2 aromatic rings. The number of aryl methyl sites for hydroxylation is 1. The third-order valence-electron chi connectivity index (χ3n) is 3.71. The highest BCUT2D eigenvalue weighted by atomic mass is 35.5. The van der Waals surface area contributed by atoms with Crippen LogP contribution in [0.1, 0.15) is 28.8 Å². The number of amides is 1. The number of nitrogen functional groups attached to an aromatic ring is 1. The third kappa shape index (κ3) is 1.81. The number of nitrogens with two attached hydrogens (primary N) is 1. The largest absolute Gasteiger partial charge is 0.375 e. The van der Waals surface area contributed by atoms with Crippen LogP contribution in [-0.2, 0) is 4.79 Å². The summed E-state index contributed by atoms with van der Waals surface area (Å²) < 4.78 is 0. The van der Waals surface area contributed by atoms with Crippen LogP contribution in [0.4, 0.5) is 10.8 Å². The Morgan fingerprint density at radius 1 is 1.45 bits per heavy atom. The summed E-state index contributed by atoms with van der Waals surface area (Å²) >= 11 is 7.90. The van der Waals surface area contributed by atoms with Gasteiger partial charge in [-0.3, -0.25) is 4.79 Å². The fourth-order valence-electron chi connectivity index (χ4n) is 2.54. The second-order valence-electron chi connectivity index (χ2n) is 5.00. The molecule has 3 N–H and O–H groups in total. The lowest BCUT2D eigenvalue weighted by Crippen LogP contribution is -2.08. The second kappa shape index (κ2) is 4.46. The summed E-state index contributed by atoms with van der Waals surface area (Å²) in [6.45, 7) is 5.77. The maximum atomic E-state index is 11.8. The summed E-state index contributed by atoms with van der Waals surface area (Å²) in [6, 6.07) is 1.95. The number of nitrogens with zero attached hydrogens (tertiary/aromatic N) is 1. The first-order valence-electron chi connectivity index (χ1n) is 6.27. The first-order chi connectivity index (χ1) is 9.40. The van der Waals surface area contributed by atoms with Crippen molar-refractivity contribution in [1.82, 2.24) is 4.98 Å². The van der Waals surface area contributed by atoms with Gasteiger partial charge in [-0.25, -0.2) is 4.98 Å². The zero-order valence-corrected chi connectivity index (χ0v) is 12.9. The van der Waals surface area contributed by atoms with Crippen LogP contribution in [-0.4, -0.2) is 10.9 Å². The molecular formula is C14H14ClN3OS. The highest BCUT2D eigenvalue weighted by molar-refractivity contribution is 7.15. The molecule has 0 fully saturated rings. The molecule has 1 atom stereocenters. The van der Waals surface area contributed by atoms with Crippen LogP contribution in [0.5, 0.6) is 0 Å². The lowest BCUT2D eigenvalue weighted by molar-refractivity contribution is -0.116. The van der Waals surface area contributed by atoms with E-state index in [1.165, 1.54) is 11.3 Å². The number of halogens is 1. The van der Waals surface area contributed by atoms with Crippen LogP contribution >= 0.6 is 22.9 Å². The van der Waals surface area contributed by atoms with Crippen molar-refractivity contribution in [3.63, 3.8) is 0 Å². The molecule has 1 unspecified atom stereocenters. The molecule has 2 heterocycles. The van der Waals surface area contributed by atoms with Gasteiger partial charge in [0, 0.05) is 16.1 Å². The monoisotopic (exact) mass is 307 g/mol. The second-order valence-corrected chi connectivity index (χ2v) is 6.61. The Balaban J connectivity index is 2.27. The smallest absolute Gasteiger partial charge is 0.231 e. The highest BCUT2D eigenvalue weighted by Gasteiger charge is 2.30. The number of fused-ring (bicyclic) bond motifs is 1. The van der Waals surface area contributed by atoms with Crippen molar-refractivity contribution in [2.75, 3.05) is 11.1 Å². The maximum absolute atomic E-state index is 11.8. The van der Waals surface area contributed by atoms with Gasteiger partial charge in [-0.15, -0.1) is 11.3 Å². The van der Waals surface area contributed by atoms with Crippen molar-refractivity contribution in [2.24, 2.45) is 0 Å².